The molecule has 0 aliphatic heterocycles. The van der Waals surface area contributed by atoms with E-state index >= 15 is 0 Å². The fraction of sp³-hybridized carbons (Fsp3) is 0.517. The minimum Gasteiger partial charge on any atom is -0.497 e. The highest BCUT2D eigenvalue weighted by Gasteiger charge is 2.28. The van der Waals surface area contributed by atoms with Gasteiger partial charge in [-0.15, -0.1) is 0 Å². The van der Waals surface area contributed by atoms with Crippen LogP contribution in [0.2, 0.25) is 0 Å². The average Bonchev–Trinajstić information content (AvgIpc) is 2.86. The molecule has 1 fully saturated rings. The zero-order valence-electron chi connectivity index (χ0n) is 21.2. The van der Waals surface area contributed by atoms with Gasteiger partial charge < -0.3 is 15.0 Å². The molecule has 5 heteroatoms. The van der Waals surface area contributed by atoms with Crippen molar-refractivity contribution in [2.75, 3.05) is 7.11 Å². The maximum Gasteiger partial charge on any atom is 0.242 e. The van der Waals surface area contributed by atoms with Crippen LogP contribution in [-0.2, 0) is 22.6 Å². The Bertz CT molecular complexity index is 915. The van der Waals surface area contributed by atoms with Gasteiger partial charge in [-0.3, -0.25) is 9.59 Å². The second kappa shape index (κ2) is 12.6. The summed E-state index contributed by atoms with van der Waals surface area (Å²) in [6, 6.07) is 15.9. The average molecular weight is 465 g/mol. The first-order valence-electron chi connectivity index (χ1n) is 12.7. The second-order valence-electron chi connectivity index (χ2n) is 9.79. The van der Waals surface area contributed by atoms with Crippen LogP contribution in [0.1, 0.15) is 81.9 Å². The Labute approximate surface area is 204 Å². The molecule has 0 spiro atoms. The van der Waals surface area contributed by atoms with E-state index in [0.29, 0.717) is 25.3 Å². The normalized spacial score (nSPS) is 15.1. The fourth-order valence-electron chi connectivity index (χ4n) is 4.54. The molecule has 3 rings (SSSR count). The first-order valence-corrected chi connectivity index (χ1v) is 12.7. The molecule has 2 amide bonds. The number of nitrogens with zero attached hydrogens (tertiary/aromatic N) is 1. The van der Waals surface area contributed by atoms with E-state index < -0.39 is 6.04 Å². The largest absolute Gasteiger partial charge is 0.497 e. The van der Waals surface area contributed by atoms with Crippen molar-refractivity contribution < 1.29 is 14.3 Å². The van der Waals surface area contributed by atoms with Crippen LogP contribution in [0.4, 0.5) is 0 Å². The van der Waals surface area contributed by atoms with Gasteiger partial charge in [0, 0.05) is 19.0 Å². The molecule has 0 saturated heterocycles. The molecule has 0 radical (unpaired) electrons. The SMILES string of the molecule is COc1ccc(CN(C(=O)CCc2ccc(C(C)C)cc2)[C@@H](C)C(=O)NC2CCCCC2)cc1. The molecule has 1 N–H and O–H groups in total. The molecule has 1 aliphatic carbocycles. The number of methoxy groups -OCH3 is 1. The summed E-state index contributed by atoms with van der Waals surface area (Å²) < 4.78 is 5.26. The number of hydrogen-bond donors (Lipinski definition) is 1. The van der Waals surface area contributed by atoms with E-state index in [2.05, 4.69) is 43.4 Å². The molecule has 34 heavy (non-hydrogen) atoms. The van der Waals surface area contributed by atoms with Crippen LogP contribution < -0.4 is 10.1 Å². The molecule has 1 saturated carbocycles. The number of rotatable bonds is 10. The fourth-order valence-corrected chi connectivity index (χ4v) is 4.54. The summed E-state index contributed by atoms with van der Waals surface area (Å²) >= 11 is 0. The number of aryl methyl sites for hydroxylation is 1. The van der Waals surface area contributed by atoms with Gasteiger partial charge in [0.2, 0.25) is 11.8 Å². The molecule has 0 bridgehead atoms. The standard InChI is InChI=1S/C29H40N2O3/c1-21(2)25-15-10-23(11-16-25)14-19-28(32)31(20-24-12-17-27(34-4)18-13-24)22(3)29(33)30-26-8-6-5-7-9-26/h10-13,15-18,21-22,26H,5-9,14,19-20H2,1-4H3,(H,30,33)/t22-/m0/s1. The number of ether oxygens (including phenoxy) is 1. The van der Waals surface area contributed by atoms with E-state index in [1.807, 2.05) is 31.2 Å². The molecule has 2 aromatic rings. The summed E-state index contributed by atoms with van der Waals surface area (Å²) in [6.07, 6.45) is 6.63. The lowest BCUT2D eigenvalue weighted by Gasteiger charge is -2.31. The number of carbonyl (C=O) groups excluding carboxylic acids is 2. The quantitative estimate of drug-likeness (QED) is 0.497. The molecule has 1 aliphatic rings. The smallest absolute Gasteiger partial charge is 0.242 e. The lowest BCUT2D eigenvalue weighted by Crippen LogP contribution is -2.50. The third kappa shape index (κ3) is 7.34. The van der Waals surface area contributed by atoms with E-state index in [0.717, 1.165) is 42.6 Å². The van der Waals surface area contributed by atoms with E-state index in [1.54, 1.807) is 12.0 Å². The minimum absolute atomic E-state index is 0.00458. The molecular formula is C29H40N2O3. The van der Waals surface area contributed by atoms with Crippen molar-refractivity contribution >= 4 is 11.8 Å². The van der Waals surface area contributed by atoms with Gasteiger partial charge in [0.15, 0.2) is 0 Å². The third-order valence-corrected chi connectivity index (χ3v) is 6.90. The Hall–Kier alpha value is -2.82. The Morgan fingerprint density at radius 1 is 0.941 bits per heavy atom. The molecule has 1 atom stereocenters. The summed E-state index contributed by atoms with van der Waals surface area (Å²) in [5.41, 5.74) is 3.42. The minimum atomic E-state index is -0.528. The lowest BCUT2D eigenvalue weighted by molar-refractivity contribution is -0.141. The summed E-state index contributed by atoms with van der Waals surface area (Å²) in [5.74, 6) is 1.19. The van der Waals surface area contributed by atoms with Gasteiger partial charge >= 0.3 is 0 Å². The maximum absolute atomic E-state index is 13.4. The topological polar surface area (TPSA) is 58.6 Å². The van der Waals surface area contributed by atoms with Crippen molar-refractivity contribution in [2.45, 2.75) is 90.3 Å². The first-order chi connectivity index (χ1) is 16.4. The molecule has 184 valence electrons. The van der Waals surface area contributed by atoms with Gasteiger partial charge in [0.05, 0.1) is 7.11 Å². The van der Waals surface area contributed by atoms with Gasteiger partial charge in [-0.25, -0.2) is 0 Å². The molecule has 2 aromatic carbocycles. The zero-order chi connectivity index (χ0) is 24.5. The number of hydrogen-bond acceptors (Lipinski definition) is 3. The summed E-state index contributed by atoms with van der Waals surface area (Å²) in [6.45, 7) is 6.59. The summed E-state index contributed by atoms with van der Waals surface area (Å²) in [7, 11) is 1.64. The summed E-state index contributed by atoms with van der Waals surface area (Å²) in [4.78, 5) is 28.2. The van der Waals surface area contributed by atoms with Crippen LogP contribution in [0.15, 0.2) is 48.5 Å². The molecule has 5 nitrogen and oxygen atoms in total. The Balaban J connectivity index is 1.69. The van der Waals surface area contributed by atoms with Crippen LogP contribution in [0, 0.1) is 0 Å². The molecule has 0 unspecified atom stereocenters. The predicted octanol–water partition coefficient (Wildman–Crippen LogP) is 5.62. The molecule has 0 aromatic heterocycles. The van der Waals surface area contributed by atoms with Crippen LogP contribution in [0.5, 0.6) is 5.75 Å². The van der Waals surface area contributed by atoms with Crippen molar-refractivity contribution in [1.29, 1.82) is 0 Å². The van der Waals surface area contributed by atoms with Crippen LogP contribution >= 0.6 is 0 Å². The predicted molar refractivity (Wildman–Crippen MR) is 137 cm³/mol. The van der Waals surface area contributed by atoms with Gasteiger partial charge in [-0.05, 0) is 60.9 Å². The Morgan fingerprint density at radius 3 is 2.15 bits per heavy atom. The maximum atomic E-state index is 13.4. The highest BCUT2D eigenvalue weighted by Crippen LogP contribution is 2.20. The molecule has 0 heterocycles. The monoisotopic (exact) mass is 464 g/mol. The Morgan fingerprint density at radius 2 is 1.56 bits per heavy atom. The van der Waals surface area contributed by atoms with Gasteiger partial charge in [-0.2, -0.15) is 0 Å². The summed E-state index contributed by atoms with van der Waals surface area (Å²) in [5, 5.41) is 3.20. The lowest BCUT2D eigenvalue weighted by atomic mass is 9.95. The number of carbonyl (C=O) groups is 2. The van der Waals surface area contributed by atoms with Crippen molar-refractivity contribution in [1.82, 2.24) is 10.2 Å². The van der Waals surface area contributed by atoms with Crippen molar-refractivity contribution in [3.05, 3.63) is 65.2 Å². The van der Waals surface area contributed by atoms with Crippen LogP contribution in [0.25, 0.3) is 0 Å². The highest BCUT2D eigenvalue weighted by molar-refractivity contribution is 5.87. The van der Waals surface area contributed by atoms with Gasteiger partial charge in [0.1, 0.15) is 11.8 Å². The molecular weight excluding hydrogens is 424 g/mol. The first kappa shape index (κ1) is 25.8. The number of amides is 2. The zero-order valence-corrected chi connectivity index (χ0v) is 21.2. The Kier molecular flexibility index (Phi) is 9.55. The van der Waals surface area contributed by atoms with Crippen molar-refractivity contribution in [3.8, 4) is 5.75 Å². The van der Waals surface area contributed by atoms with E-state index in [4.69, 9.17) is 4.74 Å². The van der Waals surface area contributed by atoms with Gasteiger partial charge in [-0.1, -0.05) is 69.5 Å². The van der Waals surface area contributed by atoms with Crippen LogP contribution in [-0.4, -0.2) is 35.9 Å². The highest BCUT2D eigenvalue weighted by atomic mass is 16.5. The number of nitrogens with one attached hydrogen (secondary N) is 1. The van der Waals surface area contributed by atoms with E-state index in [9.17, 15) is 9.59 Å². The van der Waals surface area contributed by atoms with Crippen LogP contribution in [0.3, 0.4) is 0 Å². The third-order valence-electron chi connectivity index (χ3n) is 6.90. The second-order valence-corrected chi connectivity index (χ2v) is 9.79. The van der Waals surface area contributed by atoms with E-state index in [1.165, 1.54) is 12.0 Å². The van der Waals surface area contributed by atoms with Crippen molar-refractivity contribution in [3.63, 3.8) is 0 Å². The number of benzene rings is 2. The van der Waals surface area contributed by atoms with Crippen molar-refractivity contribution in [2.24, 2.45) is 0 Å². The van der Waals surface area contributed by atoms with E-state index in [-0.39, 0.29) is 17.9 Å². The van der Waals surface area contributed by atoms with Gasteiger partial charge in [0.25, 0.3) is 0 Å².